The minimum Gasteiger partial charge on any atom is -0.503 e. The zero-order valence-corrected chi connectivity index (χ0v) is 22.7. The summed E-state index contributed by atoms with van der Waals surface area (Å²) in [7, 11) is 0. The van der Waals surface area contributed by atoms with E-state index in [9.17, 15) is 14.7 Å². The Balaban J connectivity index is 1.61. The lowest BCUT2D eigenvalue weighted by Gasteiger charge is -2.27. The smallest absolute Gasteiger partial charge is 0.294 e. The zero-order chi connectivity index (χ0) is 27.5. The molecule has 7 nitrogen and oxygen atoms in total. The number of benzene rings is 3. The summed E-state index contributed by atoms with van der Waals surface area (Å²) in [6, 6.07) is 23.0. The molecule has 4 aromatic rings. The van der Waals surface area contributed by atoms with Crippen molar-refractivity contribution in [2.75, 3.05) is 18.1 Å². The van der Waals surface area contributed by atoms with Crippen LogP contribution in [-0.2, 0) is 4.79 Å². The largest absolute Gasteiger partial charge is 0.503 e. The number of hydrogen-bond acceptors (Lipinski definition) is 7. The molecule has 5 rings (SSSR count). The molecular weight excluding hydrogens is 512 g/mol. The number of Topliss-reactive ketones (excluding diaryl/α,β-unsaturated/α-hetero) is 1. The van der Waals surface area contributed by atoms with Crippen molar-refractivity contribution in [3.05, 3.63) is 106 Å². The van der Waals surface area contributed by atoms with Gasteiger partial charge in [0.25, 0.3) is 5.91 Å². The van der Waals surface area contributed by atoms with Gasteiger partial charge in [-0.2, -0.15) is 0 Å². The van der Waals surface area contributed by atoms with E-state index in [-0.39, 0.29) is 5.57 Å². The highest BCUT2D eigenvalue weighted by Crippen LogP contribution is 2.44. The van der Waals surface area contributed by atoms with E-state index in [1.807, 2.05) is 62.4 Å². The number of nitrogens with zero attached hydrogens (tertiary/aromatic N) is 2. The number of aliphatic hydroxyl groups is 1. The third-order valence-electron chi connectivity index (χ3n) is 6.39. The molecule has 0 aliphatic carbocycles. The number of thiazole rings is 1. The molecular formula is C31H28N2O5S. The number of ketones is 1. The number of aryl methyl sites for hydroxylation is 1. The predicted molar refractivity (Wildman–Crippen MR) is 152 cm³/mol. The molecule has 1 N–H and O–H groups in total. The highest BCUT2D eigenvalue weighted by atomic mass is 32.1. The summed E-state index contributed by atoms with van der Waals surface area (Å²) in [6.07, 6.45) is 0. The monoisotopic (exact) mass is 540 g/mol. The molecule has 1 atom stereocenters. The summed E-state index contributed by atoms with van der Waals surface area (Å²) in [5, 5.41) is 11.9. The maximum Gasteiger partial charge on any atom is 0.294 e. The van der Waals surface area contributed by atoms with Crippen molar-refractivity contribution in [3.63, 3.8) is 0 Å². The summed E-state index contributed by atoms with van der Waals surface area (Å²) in [4.78, 5) is 34.1. The van der Waals surface area contributed by atoms with Gasteiger partial charge in [-0.25, -0.2) is 4.98 Å². The molecule has 2 heterocycles. The maximum atomic E-state index is 14.1. The van der Waals surface area contributed by atoms with Gasteiger partial charge in [-0.1, -0.05) is 42.5 Å². The van der Waals surface area contributed by atoms with E-state index in [0.29, 0.717) is 51.5 Å². The third-order valence-corrected chi connectivity index (χ3v) is 7.59. The standard InChI is InChI=1S/C31H28N2O5S/c1-4-37-23-16-14-22(15-17-23)33-26(21-12-9-13-24(18-21)38-5-2)25(28(35)31(33)36)27(34)29-19(3)32-30(39-29)20-10-7-6-8-11-20/h6-18,26,35H,4-5H2,1-3H3. The Bertz CT molecular complexity index is 1540. The van der Waals surface area contributed by atoms with Crippen LogP contribution in [-0.4, -0.2) is 35.0 Å². The van der Waals surface area contributed by atoms with Crippen molar-refractivity contribution in [2.45, 2.75) is 26.8 Å². The van der Waals surface area contributed by atoms with Crippen LogP contribution in [0.5, 0.6) is 11.5 Å². The minimum absolute atomic E-state index is 0.00824. The number of carbonyl (C=O) groups excluding carboxylic acids is 2. The molecule has 1 amide bonds. The summed E-state index contributed by atoms with van der Waals surface area (Å²) in [5.41, 5.74) is 2.60. The Morgan fingerprint density at radius 2 is 1.64 bits per heavy atom. The quantitative estimate of drug-likeness (QED) is 0.238. The number of ether oxygens (including phenoxy) is 2. The van der Waals surface area contributed by atoms with E-state index in [1.54, 1.807) is 37.3 Å². The molecule has 3 aromatic carbocycles. The van der Waals surface area contributed by atoms with Gasteiger partial charge >= 0.3 is 0 Å². The molecule has 0 saturated carbocycles. The second-order valence-corrected chi connectivity index (χ2v) is 9.90. The molecule has 39 heavy (non-hydrogen) atoms. The first-order valence-corrected chi connectivity index (χ1v) is 13.5. The SMILES string of the molecule is CCOc1ccc(N2C(=O)C(O)=C(C(=O)c3sc(-c4ccccc4)nc3C)C2c2cccc(OCC)c2)cc1. The Morgan fingerprint density at radius 1 is 0.949 bits per heavy atom. The second kappa shape index (κ2) is 11.1. The van der Waals surface area contributed by atoms with Gasteiger partial charge in [0.15, 0.2) is 5.76 Å². The second-order valence-electron chi connectivity index (χ2n) is 8.90. The van der Waals surface area contributed by atoms with Crippen LogP contribution < -0.4 is 14.4 Å². The molecule has 1 aliphatic rings. The van der Waals surface area contributed by atoms with Crippen molar-refractivity contribution in [1.82, 2.24) is 4.98 Å². The Hall–Kier alpha value is -4.43. The van der Waals surface area contributed by atoms with Crippen LogP contribution in [0, 0.1) is 6.92 Å². The van der Waals surface area contributed by atoms with Crippen LogP contribution in [0.4, 0.5) is 5.69 Å². The van der Waals surface area contributed by atoms with Gasteiger partial charge in [-0.15, -0.1) is 11.3 Å². The molecule has 1 aromatic heterocycles. The molecule has 0 fully saturated rings. The van der Waals surface area contributed by atoms with Crippen molar-refractivity contribution in [1.29, 1.82) is 0 Å². The van der Waals surface area contributed by atoms with E-state index in [2.05, 4.69) is 4.98 Å². The minimum atomic E-state index is -0.870. The number of anilines is 1. The molecule has 1 unspecified atom stereocenters. The van der Waals surface area contributed by atoms with E-state index < -0.39 is 23.5 Å². The van der Waals surface area contributed by atoms with Crippen LogP contribution in [0.2, 0.25) is 0 Å². The summed E-state index contributed by atoms with van der Waals surface area (Å²) < 4.78 is 11.3. The normalized spacial score (nSPS) is 15.1. The molecule has 0 saturated heterocycles. The zero-order valence-electron chi connectivity index (χ0n) is 21.9. The van der Waals surface area contributed by atoms with Crippen LogP contribution in [0.1, 0.15) is 40.8 Å². The first-order valence-electron chi connectivity index (χ1n) is 12.7. The number of amides is 1. The molecule has 198 valence electrons. The topological polar surface area (TPSA) is 89.0 Å². The molecule has 0 bridgehead atoms. The maximum absolute atomic E-state index is 14.1. The number of carbonyl (C=O) groups is 2. The number of aliphatic hydroxyl groups excluding tert-OH is 1. The average Bonchev–Trinajstić information content (AvgIpc) is 3.47. The van der Waals surface area contributed by atoms with Gasteiger partial charge in [-0.3, -0.25) is 14.5 Å². The number of hydrogen-bond donors (Lipinski definition) is 1. The average molecular weight is 541 g/mol. The van der Waals surface area contributed by atoms with Crippen LogP contribution >= 0.6 is 11.3 Å². The van der Waals surface area contributed by atoms with Gasteiger partial charge < -0.3 is 14.6 Å². The van der Waals surface area contributed by atoms with E-state index in [1.165, 1.54) is 16.2 Å². The van der Waals surface area contributed by atoms with Crippen LogP contribution in [0.15, 0.2) is 90.2 Å². The number of aromatic nitrogens is 1. The van der Waals surface area contributed by atoms with Gasteiger partial charge in [-0.05, 0) is 62.7 Å². The van der Waals surface area contributed by atoms with E-state index >= 15 is 0 Å². The van der Waals surface area contributed by atoms with Gasteiger partial charge in [0, 0.05) is 11.3 Å². The van der Waals surface area contributed by atoms with Crippen molar-refractivity contribution >= 4 is 28.7 Å². The Kier molecular flexibility index (Phi) is 7.47. The third kappa shape index (κ3) is 5.03. The summed E-state index contributed by atoms with van der Waals surface area (Å²) >= 11 is 1.25. The fourth-order valence-electron chi connectivity index (χ4n) is 4.66. The Morgan fingerprint density at radius 3 is 2.33 bits per heavy atom. The highest BCUT2D eigenvalue weighted by molar-refractivity contribution is 7.17. The Labute approximate surface area is 231 Å². The van der Waals surface area contributed by atoms with E-state index in [0.717, 1.165) is 5.56 Å². The lowest BCUT2D eigenvalue weighted by atomic mass is 9.94. The summed E-state index contributed by atoms with van der Waals surface area (Å²) in [6.45, 7) is 6.51. The van der Waals surface area contributed by atoms with Gasteiger partial charge in [0.05, 0.1) is 35.4 Å². The van der Waals surface area contributed by atoms with Crippen molar-refractivity contribution in [2.24, 2.45) is 0 Å². The number of rotatable bonds is 9. The highest BCUT2D eigenvalue weighted by Gasteiger charge is 2.45. The van der Waals surface area contributed by atoms with Crippen molar-refractivity contribution < 1.29 is 24.2 Å². The van der Waals surface area contributed by atoms with Gasteiger partial charge in [0.2, 0.25) is 5.78 Å². The first-order chi connectivity index (χ1) is 18.9. The molecule has 1 aliphatic heterocycles. The molecule has 8 heteroatoms. The lowest BCUT2D eigenvalue weighted by molar-refractivity contribution is -0.117. The molecule has 0 radical (unpaired) electrons. The fraction of sp³-hybridized carbons (Fsp3) is 0.194. The van der Waals surface area contributed by atoms with Crippen LogP contribution in [0.25, 0.3) is 10.6 Å². The first kappa shape index (κ1) is 26.2. The van der Waals surface area contributed by atoms with E-state index in [4.69, 9.17) is 9.47 Å². The lowest BCUT2D eigenvalue weighted by Crippen LogP contribution is -2.31. The molecule has 0 spiro atoms. The van der Waals surface area contributed by atoms with Crippen LogP contribution in [0.3, 0.4) is 0 Å². The van der Waals surface area contributed by atoms with Gasteiger partial charge in [0.1, 0.15) is 16.5 Å². The summed E-state index contributed by atoms with van der Waals surface area (Å²) in [5.74, 6) is -0.398. The fourth-order valence-corrected chi connectivity index (χ4v) is 5.69. The van der Waals surface area contributed by atoms with Crippen molar-refractivity contribution in [3.8, 4) is 22.1 Å². The predicted octanol–water partition coefficient (Wildman–Crippen LogP) is 6.70.